The summed E-state index contributed by atoms with van der Waals surface area (Å²) in [6, 6.07) is 9.05. The normalized spacial score (nSPS) is 14.8. The molecular formula is C19H32N4O3SSi. The van der Waals surface area contributed by atoms with Gasteiger partial charge in [-0.1, -0.05) is 49.5 Å². The van der Waals surface area contributed by atoms with Crippen molar-refractivity contribution in [2.45, 2.75) is 76.4 Å². The Kier molecular flexibility index (Phi) is 7.52. The third-order valence-corrected chi connectivity index (χ3v) is 7.14. The maximum atomic E-state index is 13.0. The fourth-order valence-electron chi connectivity index (χ4n) is 3.26. The predicted octanol–water partition coefficient (Wildman–Crippen LogP) is 4.02. The van der Waals surface area contributed by atoms with E-state index in [0.717, 1.165) is 25.7 Å². The first kappa shape index (κ1) is 22.7. The summed E-state index contributed by atoms with van der Waals surface area (Å²) < 4.78 is 33.7. The summed E-state index contributed by atoms with van der Waals surface area (Å²) in [5, 5.41) is 11.1. The second-order valence-corrected chi connectivity index (χ2v) is 14.8. The number of nitrogens with zero attached hydrogens (tertiary/aromatic N) is 4. The van der Waals surface area contributed by atoms with E-state index >= 15 is 0 Å². The number of hydrogen-bond acceptors (Lipinski definition) is 6. The Labute approximate surface area is 169 Å². The summed E-state index contributed by atoms with van der Waals surface area (Å²) in [6.45, 7) is 10.6. The maximum Gasteiger partial charge on any atom is 0.272 e. The lowest BCUT2D eigenvalue weighted by atomic mass is 9.96. The topological polar surface area (TPSA) is 87.0 Å². The smallest absolute Gasteiger partial charge is 0.272 e. The van der Waals surface area contributed by atoms with E-state index in [2.05, 4.69) is 42.1 Å². The second-order valence-electron chi connectivity index (χ2n) is 8.40. The van der Waals surface area contributed by atoms with Gasteiger partial charge in [0.2, 0.25) is 9.84 Å². The van der Waals surface area contributed by atoms with Gasteiger partial charge in [0.05, 0.1) is 17.0 Å². The minimum absolute atomic E-state index is 0.0483. The van der Waals surface area contributed by atoms with Gasteiger partial charge < -0.3 is 4.43 Å². The molecule has 0 aliphatic carbocycles. The molecule has 0 saturated carbocycles. The number of para-hydroxylation sites is 1. The quantitative estimate of drug-likeness (QED) is 0.400. The molecule has 0 aliphatic heterocycles. The molecule has 28 heavy (non-hydrogen) atoms. The SMILES string of the molecule is CCCCCC(C)(CCS(=O)(=O)c1nnnn1-c1ccccc1)O[Si](C)(C)C. The third kappa shape index (κ3) is 6.49. The van der Waals surface area contributed by atoms with E-state index in [1.54, 1.807) is 12.1 Å². The maximum absolute atomic E-state index is 13.0. The van der Waals surface area contributed by atoms with Gasteiger partial charge in [-0.25, -0.2) is 8.42 Å². The molecule has 2 rings (SSSR count). The third-order valence-electron chi connectivity index (χ3n) is 4.48. The molecule has 7 nitrogen and oxygen atoms in total. The van der Waals surface area contributed by atoms with Crippen molar-refractivity contribution < 1.29 is 12.8 Å². The Hall–Kier alpha value is -1.58. The van der Waals surface area contributed by atoms with Crippen LogP contribution in [0.5, 0.6) is 0 Å². The van der Waals surface area contributed by atoms with E-state index in [0.29, 0.717) is 12.1 Å². The van der Waals surface area contributed by atoms with Crippen LogP contribution in [0, 0.1) is 0 Å². The molecule has 1 unspecified atom stereocenters. The Bertz CT molecular complexity index is 850. The Morgan fingerprint density at radius 2 is 1.79 bits per heavy atom. The van der Waals surface area contributed by atoms with Crippen molar-refractivity contribution in [1.29, 1.82) is 0 Å². The molecule has 0 spiro atoms. The van der Waals surface area contributed by atoms with E-state index in [4.69, 9.17) is 4.43 Å². The van der Waals surface area contributed by atoms with Gasteiger partial charge in [0, 0.05) is 0 Å². The van der Waals surface area contributed by atoms with Gasteiger partial charge in [0.15, 0.2) is 8.32 Å². The lowest BCUT2D eigenvalue weighted by Gasteiger charge is -2.36. The first-order chi connectivity index (χ1) is 13.1. The Morgan fingerprint density at radius 3 is 2.39 bits per heavy atom. The van der Waals surface area contributed by atoms with Crippen molar-refractivity contribution in [3.8, 4) is 5.69 Å². The van der Waals surface area contributed by atoms with E-state index in [1.165, 1.54) is 4.68 Å². The molecular weight excluding hydrogens is 392 g/mol. The van der Waals surface area contributed by atoms with Crippen LogP contribution in [0.1, 0.15) is 46.0 Å². The Morgan fingerprint density at radius 1 is 1.11 bits per heavy atom. The molecule has 0 fully saturated rings. The molecule has 1 atom stereocenters. The largest absolute Gasteiger partial charge is 0.412 e. The molecule has 0 bridgehead atoms. The van der Waals surface area contributed by atoms with Gasteiger partial charge in [-0.2, -0.15) is 4.68 Å². The van der Waals surface area contributed by atoms with Crippen molar-refractivity contribution in [3.63, 3.8) is 0 Å². The molecule has 0 aliphatic rings. The lowest BCUT2D eigenvalue weighted by molar-refractivity contribution is 0.0647. The highest BCUT2D eigenvalue weighted by Crippen LogP contribution is 2.29. The first-order valence-corrected chi connectivity index (χ1v) is 14.9. The fraction of sp³-hybridized carbons (Fsp3) is 0.632. The summed E-state index contributed by atoms with van der Waals surface area (Å²) in [5.41, 5.74) is 0.160. The number of hydrogen-bond donors (Lipinski definition) is 0. The molecule has 0 saturated heterocycles. The summed E-state index contributed by atoms with van der Waals surface area (Å²) in [7, 11) is -5.47. The standard InChI is InChI=1S/C19H32N4O3SSi/c1-6-7-11-14-19(2,26-28(3,4)5)15-16-27(24,25)18-20-21-22-23(18)17-12-9-8-10-13-17/h8-10,12-13H,6-7,11,14-16H2,1-5H3. The molecule has 1 aromatic carbocycles. The molecule has 2 aromatic rings. The van der Waals surface area contributed by atoms with Crippen molar-refractivity contribution in [2.24, 2.45) is 0 Å². The summed E-state index contributed by atoms with van der Waals surface area (Å²) in [5.74, 6) is -0.0483. The monoisotopic (exact) mass is 424 g/mol. The zero-order chi connectivity index (χ0) is 20.8. The minimum atomic E-state index is -3.65. The number of aromatic nitrogens is 4. The highest BCUT2D eigenvalue weighted by atomic mass is 32.2. The summed E-state index contributed by atoms with van der Waals surface area (Å²) in [4.78, 5) is 0. The first-order valence-electron chi connectivity index (χ1n) is 9.83. The number of benzene rings is 1. The second kappa shape index (κ2) is 9.28. The van der Waals surface area contributed by atoms with Crippen LogP contribution in [-0.4, -0.2) is 48.3 Å². The van der Waals surface area contributed by atoms with Crippen LogP contribution in [-0.2, 0) is 14.3 Å². The van der Waals surface area contributed by atoms with Crippen LogP contribution in [0.4, 0.5) is 0 Å². The van der Waals surface area contributed by atoms with E-state index in [1.807, 2.05) is 25.1 Å². The van der Waals surface area contributed by atoms with E-state index in [-0.39, 0.29) is 10.9 Å². The number of tetrazole rings is 1. The fourth-order valence-corrected chi connectivity index (χ4v) is 6.39. The van der Waals surface area contributed by atoms with Crippen LogP contribution < -0.4 is 0 Å². The van der Waals surface area contributed by atoms with Crippen molar-refractivity contribution in [3.05, 3.63) is 30.3 Å². The highest BCUT2D eigenvalue weighted by Gasteiger charge is 2.34. The zero-order valence-corrected chi connectivity index (χ0v) is 19.4. The average molecular weight is 425 g/mol. The van der Waals surface area contributed by atoms with E-state index in [9.17, 15) is 8.42 Å². The van der Waals surface area contributed by atoms with Crippen LogP contribution in [0.15, 0.2) is 35.5 Å². The summed E-state index contributed by atoms with van der Waals surface area (Å²) >= 11 is 0. The van der Waals surface area contributed by atoms with Gasteiger partial charge in [-0.15, -0.1) is 0 Å². The van der Waals surface area contributed by atoms with E-state index < -0.39 is 23.8 Å². The molecule has 9 heteroatoms. The number of unbranched alkanes of at least 4 members (excludes halogenated alkanes) is 2. The molecule has 1 heterocycles. The summed E-state index contributed by atoms with van der Waals surface area (Å²) in [6.07, 6.45) is 4.53. The van der Waals surface area contributed by atoms with Gasteiger partial charge in [-0.05, 0) is 62.0 Å². The lowest BCUT2D eigenvalue weighted by Crippen LogP contribution is -2.42. The van der Waals surface area contributed by atoms with Crippen molar-refractivity contribution in [2.75, 3.05) is 5.75 Å². The Balaban J connectivity index is 2.19. The van der Waals surface area contributed by atoms with Crippen LogP contribution in [0.2, 0.25) is 19.6 Å². The molecule has 156 valence electrons. The highest BCUT2D eigenvalue weighted by molar-refractivity contribution is 7.91. The minimum Gasteiger partial charge on any atom is -0.412 e. The van der Waals surface area contributed by atoms with Crippen LogP contribution in [0.3, 0.4) is 0 Å². The van der Waals surface area contributed by atoms with Crippen LogP contribution >= 0.6 is 0 Å². The van der Waals surface area contributed by atoms with Crippen LogP contribution in [0.25, 0.3) is 5.69 Å². The van der Waals surface area contributed by atoms with Gasteiger partial charge >= 0.3 is 0 Å². The van der Waals surface area contributed by atoms with Crippen molar-refractivity contribution in [1.82, 2.24) is 20.2 Å². The zero-order valence-electron chi connectivity index (χ0n) is 17.6. The van der Waals surface area contributed by atoms with Gasteiger partial charge in [0.1, 0.15) is 0 Å². The van der Waals surface area contributed by atoms with Gasteiger partial charge in [0.25, 0.3) is 5.16 Å². The molecule has 0 amide bonds. The predicted molar refractivity (Wildman–Crippen MR) is 113 cm³/mol. The molecule has 1 aromatic heterocycles. The van der Waals surface area contributed by atoms with Crippen molar-refractivity contribution >= 4 is 18.2 Å². The number of sulfone groups is 1. The molecule has 0 N–H and O–H groups in total. The molecule has 0 radical (unpaired) electrons. The average Bonchev–Trinajstić information content (AvgIpc) is 3.11. The number of rotatable bonds is 11. The van der Waals surface area contributed by atoms with Gasteiger partial charge in [-0.3, -0.25) is 0 Å².